The average molecular weight is 271 g/mol. The van der Waals surface area contributed by atoms with Gasteiger partial charge in [0.1, 0.15) is 0 Å². The first-order valence-electron chi connectivity index (χ1n) is 6.91. The van der Waals surface area contributed by atoms with Gasteiger partial charge in [-0.15, -0.1) is 0 Å². The number of nitrogens with one attached hydrogen (secondary N) is 1. The minimum absolute atomic E-state index is 0.0270. The van der Waals surface area contributed by atoms with Crippen molar-refractivity contribution >= 4 is 11.8 Å². The summed E-state index contributed by atoms with van der Waals surface area (Å²) < 4.78 is 4.92. The maximum Gasteiger partial charge on any atom is 0.239 e. The third kappa shape index (κ3) is 4.80. The van der Waals surface area contributed by atoms with Crippen LogP contribution in [0.2, 0.25) is 0 Å². The SMILES string of the molecule is CCNC(=O)C1CCN(C(=O)C(N)CCOC)CC1. The lowest BCUT2D eigenvalue weighted by molar-refractivity contribution is -0.137. The van der Waals surface area contributed by atoms with Gasteiger partial charge in [0.15, 0.2) is 0 Å². The number of rotatable bonds is 6. The molecular formula is C13H25N3O3. The number of carbonyl (C=O) groups excluding carboxylic acids is 2. The van der Waals surface area contributed by atoms with Gasteiger partial charge < -0.3 is 20.7 Å². The largest absolute Gasteiger partial charge is 0.385 e. The first-order valence-corrected chi connectivity index (χ1v) is 6.91. The van der Waals surface area contributed by atoms with Gasteiger partial charge in [0.25, 0.3) is 0 Å². The summed E-state index contributed by atoms with van der Waals surface area (Å²) in [6.45, 7) is 4.27. The number of methoxy groups -OCH3 is 1. The highest BCUT2D eigenvalue weighted by molar-refractivity contribution is 5.82. The van der Waals surface area contributed by atoms with E-state index in [0.717, 1.165) is 0 Å². The molecule has 1 rings (SSSR count). The second-order valence-electron chi connectivity index (χ2n) is 4.88. The van der Waals surface area contributed by atoms with E-state index < -0.39 is 6.04 Å². The van der Waals surface area contributed by atoms with Crippen LogP contribution in [0.5, 0.6) is 0 Å². The standard InChI is InChI=1S/C13H25N3O3/c1-3-15-12(17)10-4-7-16(8-5-10)13(18)11(14)6-9-19-2/h10-11H,3-9,14H2,1-2H3,(H,15,17). The molecule has 6 heteroatoms. The topological polar surface area (TPSA) is 84.7 Å². The van der Waals surface area contributed by atoms with E-state index in [4.69, 9.17) is 10.5 Å². The summed E-state index contributed by atoms with van der Waals surface area (Å²) in [6, 6.07) is -0.499. The minimum Gasteiger partial charge on any atom is -0.385 e. The minimum atomic E-state index is -0.499. The van der Waals surface area contributed by atoms with E-state index in [0.29, 0.717) is 45.5 Å². The van der Waals surface area contributed by atoms with E-state index in [-0.39, 0.29) is 17.7 Å². The van der Waals surface area contributed by atoms with Gasteiger partial charge in [0.2, 0.25) is 11.8 Å². The van der Waals surface area contributed by atoms with Crippen LogP contribution >= 0.6 is 0 Å². The lowest BCUT2D eigenvalue weighted by Gasteiger charge is -2.32. The van der Waals surface area contributed by atoms with Crippen molar-refractivity contribution in [3.8, 4) is 0 Å². The van der Waals surface area contributed by atoms with Gasteiger partial charge in [-0.3, -0.25) is 9.59 Å². The summed E-state index contributed by atoms with van der Waals surface area (Å²) in [4.78, 5) is 25.5. The van der Waals surface area contributed by atoms with Crippen LogP contribution in [0.4, 0.5) is 0 Å². The zero-order valence-corrected chi connectivity index (χ0v) is 11.9. The molecule has 2 amide bonds. The Bertz CT molecular complexity index is 302. The number of nitrogens with zero attached hydrogens (tertiary/aromatic N) is 1. The van der Waals surface area contributed by atoms with E-state index in [2.05, 4.69) is 5.32 Å². The number of likely N-dealkylation sites (tertiary alicyclic amines) is 1. The van der Waals surface area contributed by atoms with Crippen LogP contribution in [0.1, 0.15) is 26.2 Å². The number of hydrogen-bond acceptors (Lipinski definition) is 4. The number of ether oxygens (including phenoxy) is 1. The number of piperidine rings is 1. The van der Waals surface area contributed by atoms with Crippen LogP contribution in [-0.2, 0) is 14.3 Å². The Hall–Kier alpha value is -1.14. The molecule has 1 aliphatic rings. The van der Waals surface area contributed by atoms with Crippen LogP contribution in [0.15, 0.2) is 0 Å². The van der Waals surface area contributed by atoms with E-state index in [1.54, 1.807) is 12.0 Å². The van der Waals surface area contributed by atoms with Gasteiger partial charge in [-0.25, -0.2) is 0 Å². The molecule has 1 atom stereocenters. The van der Waals surface area contributed by atoms with Crippen LogP contribution in [0.25, 0.3) is 0 Å². The summed E-state index contributed by atoms with van der Waals surface area (Å²) in [5.41, 5.74) is 5.83. The molecule has 0 aromatic carbocycles. The highest BCUT2D eigenvalue weighted by Gasteiger charge is 2.28. The van der Waals surface area contributed by atoms with Crippen molar-refractivity contribution in [1.29, 1.82) is 0 Å². The molecular weight excluding hydrogens is 246 g/mol. The van der Waals surface area contributed by atoms with Crippen LogP contribution in [0.3, 0.4) is 0 Å². The molecule has 0 aromatic rings. The van der Waals surface area contributed by atoms with Crippen molar-refractivity contribution < 1.29 is 14.3 Å². The molecule has 0 spiro atoms. The van der Waals surface area contributed by atoms with E-state index in [1.807, 2.05) is 6.92 Å². The molecule has 1 heterocycles. The summed E-state index contributed by atoms with van der Waals surface area (Å²) in [5.74, 6) is 0.0869. The third-order valence-corrected chi connectivity index (χ3v) is 3.48. The molecule has 110 valence electrons. The fourth-order valence-corrected chi connectivity index (χ4v) is 2.28. The monoisotopic (exact) mass is 271 g/mol. The Morgan fingerprint density at radius 3 is 2.58 bits per heavy atom. The normalized spacial score (nSPS) is 18.2. The maximum absolute atomic E-state index is 12.1. The first kappa shape index (κ1) is 15.9. The number of nitrogens with two attached hydrogens (primary N) is 1. The Labute approximate surface area is 114 Å². The molecule has 0 radical (unpaired) electrons. The Morgan fingerprint density at radius 2 is 2.05 bits per heavy atom. The Morgan fingerprint density at radius 1 is 1.42 bits per heavy atom. The van der Waals surface area contributed by atoms with Crippen molar-refractivity contribution in [2.45, 2.75) is 32.2 Å². The van der Waals surface area contributed by atoms with Crippen molar-refractivity contribution in [2.75, 3.05) is 33.4 Å². The Balaban J connectivity index is 2.36. The molecule has 1 unspecified atom stereocenters. The summed E-state index contributed by atoms with van der Waals surface area (Å²) in [5, 5.41) is 2.83. The van der Waals surface area contributed by atoms with E-state index >= 15 is 0 Å². The Kier molecular flexibility index (Phi) is 6.80. The zero-order chi connectivity index (χ0) is 14.3. The number of amides is 2. The van der Waals surface area contributed by atoms with Crippen LogP contribution < -0.4 is 11.1 Å². The highest BCUT2D eigenvalue weighted by atomic mass is 16.5. The number of hydrogen-bond donors (Lipinski definition) is 2. The highest BCUT2D eigenvalue weighted by Crippen LogP contribution is 2.18. The summed E-state index contributed by atoms with van der Waals surface area (Å²) >= 11 is 0. The quantitative estimate of drug-likeness (QED) is 0.696. The van der Waals surface area contributed by atoms with Gasteiger partial charge in [-0.1, -0.05) is 0 Å². The summed E-state index contributed by atoms with van der Waals surface area (Å²) in [6.07, 6.45) is 1.97. The molecule has 0 bridgehead atoms. The molecule has 1 fully saturated rings. The van der Waals surface area contributed by atoms with Gasteiger partial charge in [0, 0.05) is 39.3 Å². The van der Waals surface area contributed by atoms with Gasteiger partial charge in [-0.05, 0) is 26.2 Å². The fraction of sp³-hybridized carbons (Fsp3) is 0.846. The first-order chi connectivity index (χ1) is 9.10. The van der Waals surface area contributed by atoms with Gasteiger partial charge >= 0.3 is 0 Å². The van der Waals surface area contributed by atoms with E-state index in [9.17, 15) is 9.59 Å². The van der Waals surface area contributed by atoms with Gasteiger partial charge in [0.05, 0.1) is 6.04 Å². The van der Waals surface area contributed by atoms with E-state index in [1.165, 1.54) is 0 Å². The van der Waals surface area contributed by atoms with Crippen molar-refractivity contribution in [3.63, 3.8) is 0 Å². The molecule has 1 aliphatic heterocycles. The molecule has 0 aliphatic carbocycles. The van der Waals surface area contributed by atoms with Gasteiger partial charge in [-0.2, -0.15) is 0 Å². The predicted octanol–water partition coefficient (Wildman–Crippen LogP) is -0.275. The van der Waals surface area contributed by atoms with Crippen LogP contribution in [0, 0.1) is 5.92 Å². The molecule has 19 heavy (non-hydrogen) atoms. The second kappa shape index (κ2) is 8.12. The molecule has 3 N–H and O–H groups in total. The molecule has 6 nitrogen and oxygen atoms in total. The molecule has 0 aromatic heterocycles. The number of carbonyl (C=O) groups is 2. The predicted molar refractivity (Wildman–Crippen MR) is 72.5 cm³/mol. The zero-order valence-electron chi connectivity index (χ0n) is 11.9. The fourth-order valence-electron chi connectivity index (χ4n) is 2.28. The maximum atomic E-state index is 12.1. The second-order valence-corrected chi connectivity index (χ2v) is 4.88. The lowest BCUT2D eigenvalue weighted by atomic mass is 9.95. The lowest BCUT2D eigenvalue weighted by Crippen LogP contribution is -2.49. The molecule has 0 saturated carbocycles. The van der Waals surface area contributed by atoms with Crippen molar-refractivity contribution in [2.24, 2.45) is 11.7 Å². The van der Waals surface area contributed by atoms with Crippen molar-refractivity contribution in [3.05, 3.63) is 0 Å². The average Bonchev–Trinajstić information content (AvgIpc) is 2.44. The third-order valence-electron chi connectivity index (χ3n) is 3.48. The van der Waals surface area contributed by atoms with Crippen molar-refractivity contribution in [1.82, 2.24) is 10.2 Å². The molecule has 1 saturated heterocycles. The summed E-state index contributed by atoms with van der Waals surface area (Å²) in [7, 11) is 1.59. The smallest absolute Gasteiger partial charge is 0.239 e. The van der Waals surface area contributed by atoms with Crippen LogP contribution in [-0.4, -0.2) is 56.1 Å².